The topological polar surface area (TPSA) is 83.5 Å². The van der Waals surface area contributed by atoms with Gasteiger partial charge >= 0.3 is 0 Å². The Morgan fingerprint density at radius 3 is 2.50 bits per heavy atom. The van der Waals surface area contributed by atoms with E-state index in [1.54, 1.807) is 12.3 Å². The number of aromatic hydroxyl groups is 2. The second-order valence-corrected chi connectivity index (χ2v) is 6.65. The molecule has 6 heteroatoms. The van der Waals surface area contributed by atoms with E-state index >= 15 is 0 Å². The molecular formula is C22H16N4O2. The first-order valence-electron chi connectivity index (χ1n) is 8.81. The normalized spacial score (nSPS) is 11.9. The molecule has 0 aliphatic carbocycles. The van der Waals surface area contributed by atoms with E-state index in [0.29, 0.717) is 5.56 Å². The molecule has 0 aliphatic heterocycles. The first-order valence-corrected chi connectivity index (χ1v) is 8.81. The van der Waals surface area contributed by atoms with Gasteiger partial charge in [-0.3, -0.25) is 4.99 Å². The molecule has 5 aromatic rings. The van der Waals surface area contributed by atoms with Crippen molar-refractivity contribution in [3.63, 3.8) is 0 Å². The number of benzene rings is 3. The van der Waals surface area contributed by atoms with Crippen LogP contribution in [0.5, 0.6) is 11.5 Å². The number of rotatable bonds is 2. The van der Waals surface area contributed by atoms with Gasteiger partial charge in [0, 0.05) is 30.3 Å². The molecule has 0 aliphatic rings. The first kappa shape index (κ1) is 16.3. The van der Waals surface area contributed by atoms with Crippen LogP contribution < -0.4 is 0 Å². The third-order valence-electron chi connectivity index (χ3n) is 4.83. The third kappa shape index (κ3) is 2.54. The van der Waals surface area contributed by atoms with Gasteiger partial charge in [0.15, 0.2) is 5.65 Å². The third-order valence-corrected chi connectivity index (χ3v) is 4.83. The second kappa shape index (κ2) is 6.06. The number of para-hydroxylation sites is 2. The molecule has 0 atom stereocenters. The smallest absolute Gasteiger partial charge is 0.160 e. The van der Waals surface area contributed by atoms with E-state index < -0.39 is 0 Å². The molecule has 0 amide bonds. The average molecular weight is 368 g/mol. The van der Waals surface area contributed by atoms with Gasteiger partial charge in [-0.2, -0.15) is 0 Å². The minimum atomic E-state index is -0.0210. The summed E-state index contributed by atoms with van der Waals surface area (Å²) in [4.78, 5) is 14.0. The van der Waals surface area contributed by atoms with Crippen molar-refractivity contribution in [2.75, 3.05) is 0 Å². The molecule has 2 aromatic heterocycles. The number of hydrogen-bond donors (Lipinski definition) is 2. The minimum Gasteiger partial charge on any atom is -0.508 e. The summed E-state index contributed by atoms with van der Waals surface area (Å²) in [6.45, 7) is 0. The average Bonchev–Trinajstić information content (AvgIpc) is 2.97. The molecule has 0 radical (unpaired) electrons. The number of aromatic nitrogens is 3. The second-order valence-electron chi connectivity index (χ2n) is 6.65. The molecular weight excluding hydrogens is 352 g/mol. The Balaban J connectivity index is 1.66. The SMILES string of the molecule is Cn1c2ccc(N=Cc3ccc(O)cc3O)cc2c2nc3ccccc3nc21. The monoisotopic (exact) mass is 368 g/mol. The lowest BCUT2D eigenvalue weighted by molar-refractivity contribution is 0.450. The molecule has 5 rings (SSSR count). The van der Waals surface area contributed by atoms with Gasteiger partial charge < -0.3 is 14.8 Å². The zero-order chi connectivity index (χ0) is 19.3. The van der Waals surface area contributed by atoms with E-state index in [2.05, 4.69) is 4.99 Å². The highest BCUT2D eigenvalue weighted by Gasteiger charge is 2.12. The van der Waals surface area contributed by atoms with Crippen molar-refractivity contribution in [2.24, 2.45) is 12.0 Å². The van der Waals surface area contributed by atoms with Crippen LogP contribution in [0.3, 0.4) is 0 Å². The van der Waals surface area contributed by atoms with Gasteiger partial charge in [0.25, 0.3) is 0 Å². The summed E-state index contributed by atoms with van der Waals surface area (Å²) in [5, 5.41) is 20.3. The van der Waals surface area contributed by atoms with Crippen LogP contribution in [0.1, 0.15) is 5.56 Å². The summed E-state index contributed by atoms with van der Waals surface area (Å²) in [5.74, 6) is -0.00930. The Kier molecular flexibility index (Phi) is 3.52. The van der Waals surface area contributed by atoms with Gasteiger partial charge in [-0.15, -0.1) is 0 Å². The van der Waals surface area contributed by atoms with Crippen molar-refractivity contribution >= 4 is 45.0 Å². The zero-order valence-electron chi connectivity index (χ0n) is 15.0. The van der Waals surface area contributed by atoms with Crippen LogP contribution in [0.25, 0.3) is 33.1 Å². The number of nitrogens with zero attached hydrogens (tertiary/aromatic N) is 4. The Bertz CT molecular complexity index is 1400. The Morgan fingerprint density at radius 2 is 1.71 bits per heavy atom. The van der Waals surface area contributed by atoms with Gasteiger partial charge in [-0.25, -0.2) is 9.97 Å². The summed E-state index contributed by atoms with van der Waals surface area (Å²) in [5.41, 5.74) is 5.67. The van der Waals surface area contributed by atoms with Crippen molar-refractivity contribution in [1.29, 1.82) is 0 Å². The van der Waals surface area contributed by atoms with Crippen molar-refractivity contribution in [3.05, 3.63) is 66.2 Å². The van der Waals surface area contributed by atoms with Gasteiger partial charge in [0.1, 0.15) is 17.0 Å². The van der Waals surface area contributed by atoms with E-state index in [1.807, 2.05) is 54.1 Å². The fourth-order valence-corrected chi connectivity index (χ4v) is 3.39. The van der Waals surface area contributed by atoms with Crippen LogP contribution in [0.4, 0.5) is 5.69 Å². The van der Waals surface area contributed by atoms with Crippen LogP contribution in [0.15, 0.2) is 65.7 Å². The number of phenols is 2. The minimum absolute atomic E-state index is 0.0117. The van der Waals surface area contributed by atoms with E-state index in [4.69, 9.17) is 9.97 Å². The molecule has 0 bridgehead atoms. The molecule has 0 unspecified atom stereocenters. The number of phenolic OH excluding ortho intramolecular Hbond substituents is 2. The fourth-order valence-electron chi connectivity index (χ4n) is 3.39. The van der Waals surface area contributed by atoms with Gasteiger partial charge in [-0.1, -0.05) is 12.1 Å². The summed E-state index contributed by atoms with van der Waals surface area (Å²) >= 11 is 0. The molecule has 3 aromatic carbocycles. The molecule has 2 N–H and O–H groups in total. The molecule has 0 spiro atoms. The predicted molar refractivity (Wildman–Crippen MR) is 111 cm³/mol. The van der Waals surface area contributed by atoms with Crippen molar-refractivity contribution in [3.8, 4) is 11.5 Å². The number of hydrogen-bond acceptors (Lipinski definition) is 5. The van der Waals surface area contributed by atoms with Crippen molar-refractivity contribution in [2.45, 2.75) is 0 Å². The number of fused-ring (bicyclic) bond motifs is 4. The highest BCUT2D eigenvalue weighted by Crippen LogP contribution is 2.30. The number of aliphatic imine (C=N–C) groups is 1. The molecule has 0 fully saturated rings. The van der Waals surface area contributed by atoms with Crippen LogP contribution in [-0.2, 0) is 7.05 Å². The maximum absolute atomic E-state index is 9.91. The van der Waals surface area contributed by atoms with E-state index in [1.165, 1.54) is 12.1 Å². The summed E-state index contributed by atoms with van der Waals surface area (Å²) in [7, 11) is 1.98. The maximum atomic E-state index is 9.91. The van der Waals surface area contributed by atoms with E-state index in [-0.39, 0.29) is 11.5 Å². The van der Waals surface area contributed by atoms with Crippen LogP contribution in [-0.4, -0.2) is 31.0 Å². The molecule has 136 valence electrons. The lowest BCUT2D eigenvalue weighted by Crippen LogP contribution is -1.91. The Labute approximate surface area is 160 Å². The molecule has 28 heavy (non-hydrogen) atoms. The van der Waals surface area contributed by atoms with Gasteiger partial charge in [0.2, 0.25) is 0 Å². The number of aryl methyl sites for hydroxylation is 1. The molecule has 0 saturated carbocycles. The maximum Gasteiger partial charge on any atom is 0.160 e. The van der Waals surface area contributed by atoms with E-state index in [0.717, 1.165) is 38.8 Å². The largest absolute Gasteiger partial charge is 0.508 e. The van der Waals surface area contributed by atoms with Crippen LogP contribution in [0, 0.1) is 0 Å². The molecule has 2 heterocycles. The molecule has 6 nitrogen and oxygen atoms in total. The predicted octanol–water partition coefficient (Wildman–Crippen LogP) is 4.44. The van der Waals surface area contributed by atoms with Gasteiger partial charge in [0.05, 0.1) is 22.2 Å². The quantitative estimate of drug-likeness (QED) is 0.451. The molecule has 0 saturated heterocycles. The highest BCUT2D eigenvalue weighted by atomic mass is 16.3. The van der Waals surface area contributed by atoms with Crippen molar-refractivity contribution in [1.82, 2.24) is 14.5 Å². The zero-order valence-corrected chi connectivity index (χ0v) is 15.0. The van der Waals surface area contributed by atoms with Gasteiger partial charge in [-0.05, 0) is 42.5 Å². The lowest BCUT2D eigenvalue weighted by atomic mass is 10.2. The lowest BCUT2D eigenvalue weighted by Gasteiger charge is -2.00. The first-order chi connectivity index (χ1) is 13.6. The van der Waals surface area contributed by atoms with Crippen LogP contribution in [0.2, 0.25) is 0 Å². The summed E-state index contributed by atoms with van der Waals surface area (Å²) in [6, 6.07) is 18.1. The van der Waals surface area contributed by atoms with Crippen molar-refractivity contribution < 1.29 is 10.2 Å². The Morgan fingerprint density at radius 1 is 0.929 bits per heavy atom. The summed E-state index contributed by atoms with van der Waals surface area (Å²) < 4.78 is 2.03. The van der Waals surface area contributed by atoms with Crippen LogP contribution >= 0.6 is 0 Å². The summed E-state index contributed by atoms with van der Waals surface area (Å²) in [6.07, 6.45) is 1.57. The highest BCUT2D eigenvalue weighted by molar-refractivity contribution is 6.07. The standard InChI is InChI=1S/C22H16N4O2/c1-26-19-9-7-14(23-12-13-6-8-15(27)11-20(13)28)10-16(19)21-22(26)25-18-5-3-2-4-17(18)24-21/h2-12,27-28H,1H3. The van der Waals surface area contributed by atoms with E-state index in [9.17, 15) is 10.2 Å². The fraction of sp³-hybridized carbons (Fsp3) is 0.0455. The Hall–Kier alpha value is -3.93.